The molecular formula is C24H29N3O4Si. The summed E-state index contributed by atoms with van der Waals surface area (Å²) in [5.41, 5.74) is 3.37. The van der Waals surface area contributed by atoms with E-state index < -0.39 is 14.0 Å². The van der Waals surface area contributed by atoms with Gasteiger partial charge in [0.25, 0.3) is 5.88 Å². The summed E-state index contributed by atoms with van der Waals surface area (Å²) in [5.74, 6) is 0.116. The minimum atomic E-state index is -1.22. The van der Waals surface area contributed by atoms with Gasteiger partial charge >= 0.3 is 5.97 Å². The van der Waals surface area contributed by atoms with Crippen molar-refractivity contribution < 1.29 is 19.4 Å². The van der Waals surface area contributed by atoms with Gasteiger partial charge in [-0.25, -0.2) is 4.79 Å². The Kier molecular flexibility index (Phi) is 6.43. The first kappa shape index (κ1) is 22.2. The molecule has 0 unspecified atom stereocenters. The predicted octanol–water partition coefficient (Wildman–Crippen LogP) is 5.63. The number of rotatable bonds is 10. The zero-order valence-electron chi connectivity index (χ0n) is 18.7. The number of hydrogen-bond acceptors (Lipinski definition) is 5. The molecule has 0 amide bonds. The maximum atomic E-state index is 11.6. The number of carbonyl (C=O) groups is 1. The highest BCUT2D eigenvalue weighted by atomic mass is 28.3. The van der Waals surface area contributed by atoms with Crippen molar-refractivity contribution >= 4 is 14.0 Å². The summed E-state index contributed by atoms with van der Waals surface area (Å²) < 4.78 is 12.9. The molecule has 1 aliphatic carbocycles. The SMILES string of the molecule is C[Si](C)(C)CCOCn1nnc(C(=O)O)c1Oc1ccc(-c2ccc(C3CC3)cc2)cc1. The van der Waals surface area contributed by atoms with E-state index in [1.807, 2.05) is 24.3 Å². The average molecular weight is 452 g/mol. The molecule has 4 rings (SSSR count). The summed E-state index contributed by atoms with van der Waals surface area (Å²) in [6, 6.07) is 17.2. The van der Waals surface area contributed by atoms with Gasteiger partial charge in [-0.05, 0) is 53.6 Å². The highest BCUT2D eigenvalue weighted by Gasteiger charge is 2.23. The summed E-state index contributed by atoms with van der Waals surface area (Å²) in [6.07, 6.45) is 2.58. The van der Waals surface area contributed by atoms with Gasteiger partial charge in [-0.2, -0.15) is 4.68 Å². The van der Waals surface area contributed by atoms with Crippen molar-refractivity contribution in [2.24, 2.45) is 0 Å². The zero-order chi connectivity index (χ0) is 22.7. The second-order valence-electron chi connectivity index (χ2n) is 9.42. The molecule has 1 aromatic heterocycles. The Balaban J connectivity index is 1.45. The van der Waals surface area contributed by atoms with Crippen molar-refractivity contribution in [3.05, 3.63) is 59.8 Å². The van der Waals surface area contributed by atoms with E-state index in [4.69, 9.17) is 9.47 Å². The van der Waals surface area contributed by atoms with Gasteiger partial charge in [0, 0.05) is 14.7 Å². The second kappa shape index (κ2) is 9.26. The Morgan fingerprint density at radius 1 is 1.06 bits per heavy atom. The third-order valence-electron chi connectivity index (χ3n) is 5.46. The van der Waals surface area contributed by atoms with E-state index in [9.17, 15) is 9.90 Å². The van der Waals surface area contributed by atoms with Gasteiger partial charge in [0.05, 0.1) is 0 Å². The van der Waals surface area contributed by atoms with Crippen LogP contribution in [0.25, 0.3) is 11.1 Å². The lowest BCUT2D eigenvalue weighted by molar-refractivity contribution is 0.0677. The van der Waals surface area contributed by atoms with Gasteiger partial charge in [0.15, 0.2) is 0 Å². The monoisotopic (exact) mass is 451 g/mol. The fourth-order valence-electron chi connectivity index (χ4n) is 3.34. The Labute approximate surface area is 189 Å². The van der Waals surface area contributed by atoms with Crippen LogP contribution in [-0.2, 0) is 11.5 Å². The van der Waals surface area contributed by atoms with Crippen LogP contribution in [0.2, 0.25) is 25.7 Å². The molecule has 168 valence electrons. The molecule has 0 atom stereocenters. The van der Waals surface area contributed by atoms with Crippen molar-refractivity contribution in [2.75, 3.05) is 6.61 Å². The van der Waals surface area contributed by atoms with Crippen LogP contribution in [-0.4, -0.2) is 40.8 Å². The fraction of sp³-hybridized carbons (Fsp3) is 0.375. The van der Waals surface area contributed by atoms with E-state index in [1.54, 1.807) is 0 Å². The lowest BCUT2D eigenvalue weighted by Crippen LogP contribution is -2.22. The molecule has 0 saturated heterocycles. The Morgan fingerprint density at radius 3 is 2.25 bits per heavy atom. The minimum absolute atomic E-state index is 0.0621. The molecule has 2 aromatic carbocycles. The molecule has 8 heteroatoms. The standard InChI is InChI=1S/C24H29N3O4Si/c1-32(2,3)15-14-30-16-27-23(22(24(28)29)25-26-27)31-21-12-10-20(11-13-21)19-8-6-18(7-9-19)17-4-5-17/h6-13,17H,4-5,14-16H2,1-3H3,(H,28,29). The van der Waals surface area contributed by atoms with Crippen LogP contribution >= 0.6 is 0 Å². The first-order valence-corrected chi connectivity index (χ1v) is 14.6. The van der Waals surface area contributed by atoms with E-state index in [0.717, 1.165) is 23.1 Å². The summed E-state index contributed by atoms with van der Waals surface area (Å²) in [7, 11) is -1.22. The number of hydrogen-bond donors (Lipinski definition) is 1. The van der Waals surface area contributed by atoms with E-state index in [2.05, 4.69) is 54.2 Å². The van der Waals surface area contributed by atoms with Crippen LogP contribution in [0.3, 0.4) is 0 Å². The summed E-state index contributed by atoms with van der Waals surface area (Å²) in [5, 5.41) is 17.1. The first-order valence-electron chi connectivity index (χ1n) is 10.9. The summed E-state index contributed by atoms with van der Waals surface area (Å²) >= 11 is 0. The van der Waals surface area contributed by atoms with Crippen molar-refractivity contribution in [1.82, 2.24) is 15.0 Å². The smallest absolute Gasteiger partial charge is 0.362 e. The van der Waals surface area contributed by atoms with Crippen LogP contribution in [0.1, 0.15) is 34.8 Å². The number of carboxylic acid groups (broad SMARTS) is 1. The molecule has 0 bridgehead atoms. The maximum absolute atomic E-state index is 11.6. The largest absolute Gasteiger partial charge is 0.476 e. The van der Waals surface area contributed by atoms with E-state index >= 15 is 0 Å². The lowest BCUT2D eigenvalue weighted by Gasteiger charge is -2.15. The van der Waals surface area contributed by atoms with Crippen molar-refractivity contribution in [3.8, 4) is 22.8 Å². The number of aromatic carboxylic acids is 1. The maximum Gasteiger partial charge on any atom is 0.362 e. The normalized spacial score (nSPS) is 13.8. The highest BCUT2D eigenvalue weighted by Crippen LogP contribution is 2.40. The Hall–Kier alpha value is -2.97. The predicted molar refractivity (Wildman–Crippen MR) is 125 cm³/mol. The molecule has 1 saturated carbocycles. The van der Waals surface area contributed by atoms with Crippen LogP contribution in [0.4, 0.5) is 0 Å². The molecular weight excluding hydrogens is 422 g/mol. The third-order valence-corrected chi connectivity index (χ3v) is 7.17. The number of nitrogens with zero attached hydrogens (tertiary/aromatic N) is 3. The van der Waals surface area contributed by atoms with Crippen LogP contribution in [0.15, 0.2) is 48.5 Å². The topological polar surface area (TPSA) is 86.5 Å². The van der Waals surface area contributed by atoms with Gasteiger partial charge in [0.1, 0.15) is 12.5 Å². The summed E-state index contributed by atoms with van der Waals surface area (Å²) in [4.78, 5) is 11.6. The number of carboxylic acids is 1. The second-order valence-corrected chi connectivity index (χ2v) is 15.0. The van der Waals surface area contributed by atoms with Crippen molar-refractivity contribution in [3.63, 3.8) is 0 Å². The van der Waals surface area contributed by atoms with Gasteiger partial charge in [-0.1, -0.05) is 61.3 Å². The third kappa shape index (κ3) is 5.63. The molecule has 3 aromatic rings. The molecule has 1 heterocycles. The first-order chi connectivity index (χ1) is 15.3. The number of aromatic nitrogens is 3. The Morgan fingerprint density at radius 2 is 1.69 bits per heavy atom. The molecule has 0 spiro atoms. The molecule has 32 heavy (non-hydrogen) atoms. The van der Waals surface area contributed by atoms with E-state index in [1.165, 1.54) is 23.1 Å². The number of benzene rings is 2. The van der Waals surface area contributed by atoms with Gasteiger partial charge in [0.2, 0.25) is 5.69 Å². The zero-order valence-corrected chi connectivity index (χ0v) is 19.7. The van der Waals surface area contributed by atoms with Crippen LogP contribution < -0.4 is 4.74 Å². The highest BCUT2D eigenvalue weighted by molar-refractivity contribution is 6.76. The van der Waals surface area contributed by atoms with Crippen LogP contribution in [0, 0.1) is 0 Å². The Bertz CT molecular complexity index is 1070. The minimum Gasteiger partial charge on any atom is -0.476 e. The molecule has 1 N–H and O–H groups in total. The van der Waals surface area contributed by atoms with E-state index in [-0.39, 0.29) is 18.3 Å². The van der Waals surface area contributed by atoms with Gasteiger partial charge in [-0.3, -0.25) is 0 Å². The fourth-order valence-corrected chi connectivity index (χ4v) is 4.10. The molecule has 0 radical (unpaired) electrons. The number of ether oxygens (including phenoxy) is 2. The molecule has 1 aliphatic rings. The molecule has 0 aliphatic heterocycles. The summed E-state index contributed by atoms with van der Waals surface area (Å²) in [6.45, 7) is 7.49. The van der Waals surface area contributed by atoms with Gasteiger partial charge in [-0.15, -0.1) is 5.10 Å². The molecule has 7 nitrogen and oxygen atoms in total. The van der Waals surface area contributed by atoms with Crippen LogP contribution in [0.5, 0.6) is 11.6 Å². The average Bonchev–Trinajstić information content (AvgIpc) is 3.53. The van der Waals surface area contributed by atoms with Crippen molar-refractivity contribution in [2.45, 2.75) is 51.2 Å². The van der Waals surface area contributed by atoms with Gasteiger partial charge < -0.3 is 14.6 Å². The lowest BCUT2D eigenvalue weighted by atomic mass is 10.0. The van der Waals surface area contributed by atoms with E-state index in [0.29, 0.717) is 12.4 Å². The molecule has 1 fully saturated rings. The quantitative estimate of drug-likeness (QED) is 0.318. The van der Waals surface area contributed by atoms with Crippen molar-refractivity contribution in [1.29, 1.82) is 0 Å².